The third-order valence-corrected chi connectivity index (χ3v) is 5.73. The highest BCUT2D eigenvalue weighted by Crippen LogP contribution is 2.24. The second-order valence-corrected chi connectivity index (χ2v) is 7.43. The van der Waals surface area contributed by atoms with Gasteiger partial charge in [0.2, 0.25) is 0 Å². The summed E-state index contributed by atoms with van der Waals surface area (Å²) in [6.45, 7) is 6.95. The van der Waals surface area contributed by atoms with Crippen molar-refractivity contribution >= 4 is 29.9 Å². The molecule has 2 aliphatic rings. The van der Waals surface area contributed by atoms with Crippen LogP contribution >= 0.6 is 24.0 Å². The number of nitrogens with zero attached hydrogens (tertiary/aromatic N) is 3. The van der Waals surface area contributed by atoms with Crippen LogP contribution in [0.25, 0.3) is 0 Å². The van der Waals surface area contributed by atoms with E-state index in [1.165, 1.54) is 25.7 Å². The van der Waals surface area contributed by atoms with Crippen LogP contribution in [0.15, 0.2) is 27.8 Å². The molecule has 1 aromatic rings. The second kappa shape index (κ2) is 12.7. The minimum Gasteiger partial charge on any atom is -0.468 e. The van der Waals surface area contributed by atoms with Crippen LogP contribution in [0, 0.1) is 0 Å². The summed E-state index contributed by atoms with van der Waals surface area (Å²) < 4.78 is 10.9. The largest absolute Gasteiger partial charge is 0.468 e. The molecule has 0 amide bonds. The third kappa shape index (κ3) is 6.60. The molecular weight excluding hydrogens is 469 g/mol. The molecule has 0 aliphatic carbocycles. The minimum atomic E-state index is 0. The predicted octanol–water partition coefficient (Wildman–Crippen LogP) is 2.31. The Labute approximate surface area is 186 Å². The fraction of sp³-hybridized carbons (Fsp3) is 0.750. The van der Waals surface area contributed by atoms with Crippen molar-refractivity contribution in [1.29, 1.82) is 0 Å². The Hall–Kier alpha value is -0.840. The minimum absolute atomic E-state index is 0. The summed E-state index contributed by atoms with van der Waals surface area (Å²) in [7, 11) is 3.61. The van der Waals surface area contributed by atoms with E-state index in [2.05, 4.69) is 31.5 Å². The topological polar surface area (TPSA) is 65.3 Å². The first-order valence-corrected chi connectivity index (χ1v) is 10.3. The van der Waals surface area contributed by atoms with E-state index in [4.69, 9.17) is 9.15 Å². The van der Waals surface area contributed by atoms with Crippen LogP contribution in [-0.4, -0.2) is 81.8 Å². The fourth-order valence-electron chi connectivity index (χ4n) is 4.20. The first-order valence-electron chi connectivity index (χ1n) is 10.3. The van der Waals surface area contributed by atoms with Crippen LogP contribution in [0.1, 0.15) is 37.5 Å². The molecule has 160 valence electrons. The monoisotopic (exact) mass is 505 g/mol. The molecule has 7 nitrogen and oxygen atoms in total. The number of rotatable bonds is 9. The maximum Gasteiger partial charge on any atom is 0.191 e. The Kier molecular flexibility index (Phi) is 10.6. The van der Waals surface area contributed by atoms with Gasteiger partial charge in [-0.15, -0.1) is 24.0 Å². The van der Waals surface area contributed by atoms with Crippen LogP contribution in [0.4, 0.5) is 0 Å². The number of ether oxygens (including phenoxy) is 1. The predicted molar refractivity (Wildman–Crippen MR) is 124 cm³/mol. The van der Waals surface area contributed by atoms with Crippen LogP contribution in [0.2, 0.25) is 0 Å². The number of methoxy groups -OCH3 is 1. The van der Waals surface area contributed by atoms with Crippen molar-refractivity contribution in [1.82, 2.24) is 20.4 Å². The molecule has 0 saturated carbocycles. The lowest BCUT2D eigenvalue weighted by molar-refractivity contribution is 0.141. The Morgan fingerprint density at radius 1 is 1.29 bits per heavy atom. The van der Waals surface area contributed by atoms with Gasteiger partial charge in [0.05, 0.1) is 18.9 Å². The van der Waals surface area contributed by atoms with Gasteiger partial charge in [0.25, 0.3) is 0 Å². The van der Waals surface area contributed by atoms with Crippen molar-refractivity contribution in [3.8, 4) is 0 Å². The van der Waals surface area contributed by atoms with E-state index in [1.807, 2.05) is 13.1 Å². The van der Waals surface area contributed by atoms with Gasteiger partial charge in [0.1, 0.15) is 5.76 Å². The Morgan fingerprint density at radius 2 is 2.11 bits per heavy atom. The van der Waals surface area contributed by atoms with Crippen molar-refractivity contribution < 1.29 is 9.15 Å². The van der Waals surface area contributed by atoms with Crippen molar-refractivity contribution in [3.63, 3.8) is 0 Å². The molecule has 8 heteroatoms. The van der Waals surface area contributed by atoms with Crippen molar-refractivity contribution in [2.24, 2.45) is 4.99 Å². The summed E-state index contributed by atoms with van der Waals surface area (Å²) in [6, 6.07) is 4.86. The van der Waals surface area contributed by atoms with Gasteiger partial charge in [-0.25, -0.2) is 0 Å². The summed E-state index contributed by atoms with van der Waals surface area (Å²) in [5.74, 6) is 1.89. The van der Waals surface area contributed by atoms with Crippen LogP contribution in [0.5, 0.6) is 0 Å². The number of likely N-dealkylation sites (tertiary alicyclic amines) is 2. The number of hydrogen-bond donors (Lipinski definition) is 2. The van der Waals surface area contributed by atoms with E-state index >= 15 is 0 Å². The van der Waals surface area contributed by atoms with Crippen LogP contribution in [0.3, 0.4) is 0 Å². The van der Waals surface area contributed by atoms with Gasteiger partial charge in [-0.2, -0.15) is 0 Å². The molecule has 1 aromatic heterocycles. The summed E-state index contributed by atoms with van der Waals surface area (Å²) >= 11 is 0. The van der Waals surface area contributed by atoms with Crippen LogP contribution < -0.4 is 10.6 Å². The zero-order chi connectivity index (χ0) is 18.9. The Bertz CT molecular complexity index is 563. The van der Waals surface area contributed by atoms with Gasteiger partial charge in [-0.1, -0.05) is 0 Å². The average molecular weight is 505 g/mol. The first kappa shape index (κ1) is 23.4. The number of hydrogen-bond acceptors (Lipinski definition) is 5. The molecule has 0 bridgehead atoms. The quantitative estimate of drug-likeness (QED) is 0.305. The SMILES string of the molecule is CN=C(NCC1CCCN1CCOC)NCC(c1ccco1)N1CCCC1.I. The molecular formula is C20H36IN5O2. The van der Waals surface area contributed by atoms with Crippen LogP contribution in [-0.2, 0) is 4.74 Å². The van der Waals surface area contributed by atoms with E-state index in [0.29, 0.717) is 6.04 Å². The fourth-order valence-corrected chi connectivity index (χ4v) is 4.20. The van der Waals surface area contributed by atoms with E-state index in [9.17, 15) is 0 Å². The lowest BCUT2D eigenvalue weighted by atomic mass is 10.2. The number of furan rings is 1. The van der Waals surface area contributed by atoms with E-state index < -0.39 is 0 Å². The maximum absolute atomic E-state index is 5.71. The molecule has 3 heterocycles. The van der Waals surface area contributed by atoms with Gasteiger partial charge in [-0.3, -0.25) is 14.8 Å². The number of halogens is 1. The van der Waals surface area contributed by atoms with Gasteiger partial charge in [-0.05, 0) is 57.5 Å². The Balaban J connectivity index is 0.00000280. The summed E-state index contributed by atoms with van der Waals surface area (Å²) in [6.07, 6.45) is 6.79. The molecule has 0 aromatic carbocycles. The molecule has 2 aliphatic heterocycles. The standard InChI is InChI=1S/C20H35N5O2.HI/c1-21-20(22-15-17-7-5-11-24(17)12-14-26-2)23-16-18(19-8-6-13-27-19)25-9-3-4-10-25;/h6,8,13,17-18H,3-5,7,9-12,14-16H2,1-2H3,(H2,21,22,23);1H. The summed E-state index contributed by atoms with van der Waals surface area (Å²) in [5.41, 5.74) is 0. The molecule has 3 rings (SSSR count). The average Bonchev–Trinajstić information content (AvgIpc) is 3.46. The highest BCUT2D eigenvalue weighted by atomic mass is 127. The van der Waals surface area contributed by atoms with E-state index in [-0.39, 0.29) is 30.0 Å². The van der Waals surface area contributed by atoms with E-state index in [0.717, 1.165) is 57.6 Å². The molecule has 0 radical (unpaired) electrons. The molecule has 28 heavy (non-hydrogen) atoms. The number of nitrogens with one attached hydrogen (secondary N) is 2. The van der Waals surface area contributed by atoms with Gasteiger partial charge in [0, 0.05) is 39.8 Å². The van der Waals surface area contributed by atoms with Gasteiger partial charge in [0.15, 0.2) is 5.96 Å². The van der Waals surface area contributed by atoms with E-state index in [1.54, 1.807) is 13.4 Å². The highest BCUT2D eigenvalue weighted by molar-refractivity contribution is 14.0. The highest BCUT2D eigenvalue weighted by Gasteiger charge is 2.26. The third-order valence-electron chi connectivity index (χ3n) is 5.73. The Morgan fingerprint density at radius 3 is 2.79 bits per heavy atom. The lowest BCUT2D eigenvalue weighted by Gasteiger charge is -2.28. The molecule has 2 atom stereocenters. The number of guanidine groups is 1. The van der Waals surface area contributed by atoms with Gasteiger partial charge < -0.3 is 19.8 Å². The zero-order valence-electron chi connectivity index (χ0n) is 17.2. The van der Waals surface area contributed by atoms with Crippen molar-refractivity contribution in [2.45, 2.75) is 37.8 Å². The zero-order valence-corrected chi connectivity index (χ0v) is 19.6. The van der Waals surface area contributed by atoms with Gasteiger partial charge >= 0.3 is 0 Å². The second-order valence-electron chi connectivity index (χ2n) is 7.43. The van der Waals surface area contributed by atoms with Crippen molar-refractivity contribution in [3.05, 3.63) is 24.2 Å². The number of aliphatic imine (C=N–C) groups is 1. The molecule has 2 fully saturated rings. The van der Waals surface area contributed by atoms with Crippen molar-refractivity contribution in [2.75, 3.05) is 60.0 Å². The summed E-state index contributed by atoms with van der Waals surface area (Å²) in [5, 5.41) is 7.03. The first-order chi connectivity index (χ1) is 13.3. The lowest BCUT2D eigenvalue weighted by Crippen LogP contribution is -2.47. The smallest absolute Gasteiger partial charge is 0.191 e. The summed E-state index contributed by atoms with van der Waals surface area (Å²) in [4.78, 5) is 9.43. The normalized spacial score (nSPS) is 22.2. The molecule has 0 spiro atoms. The maximum atomic E-state index is 5.71. The molecule has 2 N–H and O–H groups in total. The molecule has 2 unspecified atom stereocenters. The molecule has 2 saturated heterocycles.